The molecule has 0 saturated carbocycles. The van der Waals surface area contributed by atoms with Gasteiger partial charge in [0.1, 0.15) is 10.8 Å². The average molecular weight is 407 g/mol. The zero-order chi connectivity index (χ0) is 19.7. The van der Waals surface area contributed by atoms with Gasteiger partial charge in [-0.1, -0.05) is 18.2 Å². The maximum atomic E-state index is 12.8. The molecule has 0 aliphatic carbocycles. The average Bonchev–Trinajstić information content (AvgIpc) is 3.23. The van der Waals surface area contributed by atoms with Crippen molar-refractivity contribution in [2.24, 2.45) is 0 Å². The largest absolute Gasteiger partial charge is 0.462 e. The van der Waals surface area contributed by atoms with E-state index in [-0.39, 0.29) is 5.91 Å². The molecule has 2 aromatic carbocycles. The second kappa shape index (κ2) is 7.61. The number of fused-ring (bicyclic) bond motifs is 1. The first kappa shape index (κ1) is 18.3. The monoisotopic (exact) mass is 406 g/mol. The molecule has 2 aliphatic rings. The third-order valence-electron chi connectivity index (χ3n) is 5.58. The number of likely N-dealkylation sites (tertiary alicyclic amines) is 1. The molecule has 1 unspecified atom stereocenters. The quantitative estimate of drug-likeness (QED) is 0.617. The fourth-order valence-corrected chi connectivity index (χ4v) is 4.66. The van der Waals surface area contributed by atoms with Crippen LogP contribution in [0, 0.1) is 0 Å². The molecule has 3 aromatic rings. The molecule has 5 rings (SSSR count). The van der Waals surface area contributed by atoms with Crippen LogP contribution in [0.5, 0.6) is 5.75 Å². The lowest BCUT2D eigenvalue weighted by Crippen LogP contribution is -2.43. The van der Waals surface area contributed by atoms with Crippen molar-refractivity contribution in [1.82, 2.24) is 9.88 Å². The summed E-state index contributed by atoms with van der Waals surface area (Å²) in [7, 11) is 0. The number of hydrogen-bond acceptors (Lipinski definition) is 5. The molecule has 1 spiro atoms. The molecule has 1 saturated heterocycles. The number of rotatable bonds is 2. The smallest absolute Gasteiger partial charge is 0.253 e. The normalized spacial score (nSPS) is 21.3. The molecule has 5 nitrogen and oxygen atoms in total. The van der Waals surface area contributed by atoms with Crippen LogP contribution >= 0.6 is 11.3 Å². The molecule has 29 heavy (non-hydrogen) atoms. The van der Waals surface area contributed by atoms with Crippen LogP contribution in [0.25, 0.3) is 10.6 Å². The lowest BCUT2D eigenvalue weighted by molar-refractivity contribution is -0.211. The Labute approximate surface area is 173 Å². The minimum atomic E-state index is -0.651. The van der Waals surface area contributed by atoms with E-state index in [1.807, 2.05) is 52.9 Å². The van der Waals surface area contributed by atoms with Gasteiger partial charge in [-0.3, -0.25) is 4.79 Å². The Morgan fingerprint density at radius 1 is 1.10 bits per heavy atom. The second-order valence-corrected chi connectivity index (χ2v) is 8.37. The maximum Gasteiger partial charge on any atom is 0.253 e. The number of aromatic nitrogens is 1. The third kappa shape index (κ3) is 3.66. The molecule has 3 heterocycles. The fourth-order valence-electron chi connectivity index (χ4n) is 4.02. The van der Waals surface area contributed by atoms with E-state index in [4.69, 9.17) is 9.47 Å². The van der Waals surface area contributed by atoms with Crippen molar-refractivity contribution in [1.29, 1.82) is 0 Å². The van der Waals surface area contributed by atoms with Crippen molar-refractivity contribution in [3.05, 3.63) is 71.2 Å². The predicted octanol–water partition coefficient (Wildman–Crippen LogP) is 4.74. The summed E-state index contributed by atoms with van der Waals surface area (Å²) in [5.41, 5.74) is 2.86. The Hall–Kier alpha value is -2.70. The van der Waals surface area contributed by atoms with Gasteiger partial charge in [0.15, 0.2) is 0 Å². The third-order valence-corrected chi connectivity index (χ3v) is 6.40. The highest BCUT2D eigenvalue weighted by atomic mass is 32.1. The summed E-state index contributed by atoms with van der Waals surface area (Å²) in [4.78, 5) is 19.1. The second-order valence-electron chi connectivity index (χ2n) is 7.47. The first-order chi connectivity index (χ1) is 14.2. The molecule has 6 heteroatoms. The number of ether oxygens (including phenoxy) is 2. The van der Waals surface area contributed by atoms with E-state index in [1.54, 1.807) is 11.3 Å². The van der Waals surface area contributed by atoms with Crippen molar-refractivity contribution in [3.63, 3.8) is 0 Å². The van der Waals surface area contributed by atoms with Gasteiger partial charge in [0.05, 0.1) is 6.61 Å². The molecule has 1 fully saturated rings. The van der Waals surface area contributed by atoms with Crippen LogP contribution in [0.2, 0.25) is 0 Å². The molecule has 1 atom stereocenters. The van der Waals surface area contributed by atoms with Gasteiger partial charge in [0, 0.05) is 54.2 Å². The van der Waals surface area contributed by atoms with E-state index in [9.17, 15) is 4.79 Å². The SMILES string of the molecule is O=C(c1ccccc1)N1CCCC2(CC1)OCc1cc(-c3nccs3)ccc1O2. The number of amides is 1. The Morgan fingerprint density at radius 3 is 2.83 bits per heavy atom. The Bertz CT molecular complexity index is 1010. The van der Waals surface area contributed by atoms with Crippen molar-refractivity contribution >= 4 is 17.2 Å². The summed E-state index contributed by atoms with van der Waals surface area (Å²) in [5, 5.41) is 2.97. The van der Waals surface area contributed by atoms with Crippen LogP contribution in [0.15, 0.2) is 60.1 Å². The van der Waals surface area contributed by atoms with Crippen LogP contribution in [-0.4, -0.2) is 34.7 Å². The van der Waals surface area contributed by atoms with Crippen LogP contribution < -0.4 is 4.74 Å². The minimum absolute atomic E-state index is 0.0759. The minimum Gasteiger partial charge on any atom is -0.462 e. The van der Waals surface area contributed by atoms with Gasteiger partial charge in [-0.25, -0.2) is 4.98 Å². The van der Waals surface area contributed by atoms with Crippen LogP contribution in [0.3, 0.4) is 0 Å². The number of carbonyl (C=O) groups is 1. The summed E-state index contributed by atoms with van der Waals surface area (Å²) in [6.07, 6.45) is 4.11. The molecule has 0 radical (unpaired) electrons. The Morgan fingerprint density at radius 2 is 2.00 bits per heavy atom. The number of benzene rings is 2. The summed E-state index contributed by atoms with van der Waals surface area (Å²) in [6.45, 7) is 1.86. The zero-order valence-corrected chi connectivity index (χ0v) is 16.9. The molecule has 0 bridgehead atoms. The highest BCUT2D eigenvalue weighted by Gasteiger charge is 2.40. The van der Waals surface area contributed by atoms with Crippen molar-refractivity contribution in [2.75, 3.05) is 13.1 Å². The van der Waals surface area contributed by atoms with Crippen molar-refractivity contribution < 1.29 is 14.3 Å². The first-order valence-electron chi connectivity index (χ1n) is 9.93. The van der Waals surface area contributed by atoms with Gasteiger partial charge in [0.25, 0.3) is 5.91 Å². The molecule has 2 aliphatic heterocycles. The van der Waals surface area contributed by atoms with Gasteiger partial charge >= 0.3 is 0 Å². The van der Waals surface area contributed by atoms with Crippen LogP contribution in [-0.2, 0) is 11.3 Å². The van der Waals surface area contributed by atoms with E-state index in [2.05, 4.69) is 17.1 Å². The summed E-state index contributed by atoms with van der Waals surface area (Å²) in [6, 6.07) is 15.6. The number of thiazole rings is 1. The van der Waals surface area contributed by atoms with Crippen LogP contribution in [0.1, 0.15) is 35.2 Å². The van der Waals surface area contributed by atoms with Gasteiger partial charge in [-0.15, -0.1) is 11.3 Å². The molecule has 1 aromatic heterocycles. The Balaban J connectivity index is 1.31. The zero-order valence-electron chi connectivity index (χ0n) is 16.0. The lowest BCUT2D eigenvalue weighted by Gasteiger charge is -2.38. The van der Waals surface area contributed by atoms with Gasteiger partial charge in [-0.05, 0) is 36.8 Å². The molecule has 0 N–H and O–H groups in total. The molecule has 1 amide bonds. The van der Waals surface area contributed by atoms with Crippen molar-refractivity contribution in [2.45, 2.75) is 31.7 Å². The van der Waals surface area contributed by atoms with Gasteiger partial charge in [-0.2, -0.15) is 0 Å². The standard InChI is InChI=1S/C23H22N2O3S/c26-22(17-5-2-1-3-6-17)25-12-4-9-23(10-13-25)27-16-19-15-18(7-8-20(19)28-23)21-24-11-14-29-21/h1-3,5-8,11,14-15H,4,9-10,12-13,16H2. The summed E-state index contributed by atoms with van der Waals surface area (Å²) < 4.78 is 12.6. The van der Waals surface area contributed by atoms with E-state index in [0.717, 1.165) is 46.8 Å². The maximum absolute atomic E-state index is 12.8. The number of carbonyl (C=O) groups excluding carboxylic acids is 1. The van der Waals surface area contributed by atoms with E-state index < -0.39 is 5.79 Å². The van der Waals surface area contributed by atoms with E-state index in [0.29, 0.717) is 19.6 Å². The number of hydrogen-bond donors (Lipinski definition) is 0. The Kier molecular flexibility index (Phi) is 4.81. The summed E-state index contributed by atoms with van der Waals surface area (Å²) in [5.74, 6) is 0.299. The molecular weight excluding hydrogens is 384 g/mol. The molecular formula is C23H22N2O3S. The number of nitrogens with zero attached hydrogens (tertiary/aromatic N) is 2. The van der Waals surface area contributed by atoms with Gasteiger partial charge < -0.3 is 14.4 Å². The first-order valence-corrected chi connectivity index (χ1v) is 10.8. The highest BCUT2D eigenvalue weighted by molar-refractivity contribution is 7.13. The van der Waals surface area contributed by atoms with Crippen molar-refractivity contribution in [3.8, 4) is 16.3 Å². The predicted molar refractivity (Wildman–Crippen MR) is 112 cm³/mol. The molecule has 148 valence electrons. The van der Waals surface area contributed by atoms with E-state index >= 15 is 0 Å². The highest BCUT2D eigenvalue weighted by Crippen LogP contribution is 2.39. The van der Waals surface area contributed by atoms with E-state index in [1.165, 1.54) is 0 Å². The van der Waals surface area contributed by atoms with Gasteiger partial charge in [0.2, 0.25) is 5.79 Å². The lowest BCUT2D eigenvalue weighted by atomic mass is 10.0. The summed E-state index contributed by atoms with van der Waals surface area (Å²) >= 11 is 1.62. The fraction of sp³-hybridized carbons (Fsp3) is 0.304. The van der Waals surface area contributed by atoms with Crippen LogP contribution in [0.4, 0.5) is 0 Å². The topological polar surface area (TPSA) is 51.7 Å².